The van der Waals surface area contributed by atoms with E-state index in [0.717, 1.165) is 23.0 Å². The summed E-state index contributed by atoms with van der Waals surface area (Å²) in [5.41, 5.74) is 0.626. The number of anilines is 1. The second-order valence-corrected chi connectivity index (χ2v) is 6.17. The molecule has 2 heterocycles. The average Bonchev–Trinajstić information content (AvgIpc) is 2.85. The number of thioether (sulfide) groups is 1. The molecule has 5 nitrogen and oxygen atoms in total. The fourth-order valence-corrected chi connectivity index (χ4v) is 3.65. The number of ketones is 1. The van der Waals surface area contributed by atoms with Crippen molar-refractivity contribution in [3.05, 3.63) is 29.3 Å². The smallest absolute Gasteiger partial charge is 1.00 e. The van der Waals surface area contributed by atoms with Crippen molar-refractivity contribution in [1.29, 1.82) is 0 Å². The van der Waals surface area contributed by atoms with Gasteiger partial charge in [0.05, 0.1) is 6.54 Å². The van der Waals surface area contributed by atoms with Crippen molar-refractivity contribution in [2.24, 2.45) is 0 Å². The number of carbonyl (C=O) groups excluding carboxylic acids is 1. The monoisotopic (exact) mass is 323 g/mol. The first kappa shape index (κ1) is 16.6. The van der Waals surface area contributed by atoms with E-state index in [-0.39, 0.29) is 42.3 Å². The predicted molar refractivity (Wildman–Crippen MR) is 76.4 cm³/mol. The van der Waals surface area contributed by atoms with E-state index < -0.39 is 6.17 Å². The van der Waals surface area contributed by atoms with Gasteiger partial charge in [0.25, 0.3) is 0 Å². The van der Waals surface area contributed by atoms with Gasteiger partial charge in [-0.2, -0.15) is 0 Å². The van der Waals surface area contributed by atoms with Gasteiger partial charge >= 0.3 is 29.6 Å². The van der Waals surface area contributed by atoms with Crippen LogP contribution in [-0.4, -0.2) is 51.5 Å². The Morgan fingerprint density at radius 3 is 2.80 bits per heavy atom. The second kappa shape index (κ2) is 6.98. The van der Waals surface area contributed by atoms with E-state index in [0.29, 0.717) is 11.6 Å². The van der Waals surface area contributed by atoms with E-state index in [9.17, 15) is 10.0 Å². The SMILES string of the molecule is O=C1CN2CCSC2N(O)C1Nc1ccc(Cl)cc1.[H-].[Na+]. The molecule has 0 spiro atoms. The van der Waals surface area contributed by atoms with Crippen molar-refractivity contribution in [1.82, 2.24) is 9.96 Å². The van der Waals surface area contributed by atoms with Gasteiger partial charge in [0.15, 0.2) is 11.9 Å². The predicted octanol–water partition coefficient (Wildman–Crippen LogP) is -1.20. The van der Waals surface area contributed by atoms with Crippen LogP contribution in [0.15, 0.2) is 24.3 Å². The maximum absolute atomic E-state index is 12.1. The van der Waals surface area contributed by atoms with Gasteiger partial charge in [-0.05, 0) is 24.3 Å². The normalized spacial score (nSPS) is 27.0. The summed E-state index contributed by atoms with van der Waals surface area (Å²) in [6.07, 6.45) is -0.701. The number of benzene rings is 1. The standard InChI is InChI=1S/C12H14ClN3O2S.Na.H/c13-8-1-3-9(4-2-8)14-11-10(17)7-15-5-6-19-12(15)16(11)18;;/h1-4,11-12,14,18H,5-7H2;;/q;+1;-1. The molecule has 2 aliphatic heterocycles. The molecular weight excluding hydrogens is 309 g/mol. The van der Waals surface area contributed by atoms with Crippen molar-refractivity contribution >= 4 is 34.8 Å². The quantitative estimate of drug-likeness (QED) is 0.667. The molecule has 2 atom stereocenters. The summed E-state index contributed by atoms with van der Waals surface area (Å²) in [5.74, 6) is 0.902. The van der Waals surface area contributed by atoms with Gasteiger partial charge in [0.2, 0.25) is 0 Å². The molecule has 3 rings (SSSR count). The fraction of sp³-hybridized carbons (Fsp3) is 0.417. The maximum Gasteiger partial charge on any atom is 1.00 e. The van der Waals surface area contributed by atoms with Crippen LogP contribution in [0.4, 0.5) is 5.69 Å². The molecule has 104 valence electrons. The minimum atomic E-state index is -0.701. The Kier molecular flexibility index (Phi) is 5.79. The summed E-state index contributed by atoms with van der Waals surface area (Å²) in [5, 5.41) is 15.0. The van der Waals surface area contributed by atoms with Crippen LogP contribution in [0.25, 0.3) is 0 Å². The number of fused-ring (bicyclic) bond motifs is 1. The van der Waals surface area contributed by atoms with Crippen LogP contribution >= 0.6 is 23.4 Å². The molecule has 0 bridgehead atoms. The van der Waals surface area contributed by atoms with E-state index in [1.807, 2.05) is 4.90 Å². The Labute approximate surface area is 150 Å². The first-order valence-corrected chi connectivity index (χ1v) is 7.45. The molecular formula is C12H15ClN3NaO2S. The van der Waals surface area contributed by atoms with Crippen LogP contribution in [-0.2, 0) is 4.79 Å². The number of carbonyl (C=O) groups is 1. The summed E-state index contributed by atoms with van der Waals surface area (Å²) < 4.78 is 0. The van der Waals surface area contributed by atoms with E-state index in [4.69, 9.17) is 11.6 Å². The first-order chi connectivity index (χ1) is 9.15. The fourth-order valence-electron chi connectivity index (χ4n) is 2.30. The zero-order valence-electron chi connectivity index (χ0n) is 12.1. The zero-order valence-corrected chi connectivity index (χ0v) is 14.7. The Balaban J connectivity index is 0.00000110. The van der Waals surface area contributed by atoms with E-state index in [1.165, 1.54) is 0 Å². The molecule has 2 unspecified atom stereocenters. The minimum absolute atomic E-state index is 0. The third-order valence-electron chi connectivity index (χ3n) is 3.26. The van der Waals surface area contributed by atoms with E-state index in [1.54, 1.807) is 36.0 Å². The van der Waals surface area contributed by atoms with Gasteiger partial charge in [-0.1, -0.05) is 11.6 Å². The van der Waals surface area contributed by atoms with Crippen LogP contribution < -0.4 is 34.9 Å². The molecule has 1 aromatic carbocycles. The number of rotatable bonds is 2. The Bertz CT molecular complexity index is 496. The Morgan fingerprint density at radius 2 is 2.10 bits per heavy atom. The van der Waals surface area contributed by atoms with Gasteiger partial charge in [0, 0.05) is 23.0 Å². The molecule has 2 fully saturated rings. The molecule has 0 aromatic heterocycles. The van der Waals surface area contributed by atoms with Crippen molar-refractivity contribution in [2.75, 3.05) is 24.2 Å². The molecule has 0 saturated carbocycles. The molecule has 0 amide bonds. The molecule has 2 aliphatic rings. The number of halogens is 1. The van der Waals surface area contributed by atoms with Gasteiger partial charge in [-0.25, -0.2) is 0 Å². The zero-order chi connectivity index (χ0) is 13.4. The van der Waals surface area contributed by atoms with Crippen molar-refractivity contribution < 1.29 is 41.0 Å². The molecule has 1 aromatic rings. The third kappa shape index (κ3) is 3.34. The van der Waals surface area contributed by atoms with Gasteiger partial charge in [0.1, 0.15) is 5.50 Å². The number of hydroxylamine groups is 2. The van der Waals surface area contributed by atoms with Crippen LogP contribution in [0.2, 0.25) is 5.02 Å². The summed E-state index contributed by atoms with van der Waals surface area (Å²) >= 11 is 7.46. The molecule has 0 radical (unpaired) electrons. The van der Waals surface area contributed by atoms with E-state index in [2.05, 4.69) is 5.32 Å². The molecule has 2 N–H and O–H groups in total. The topological polar surface area (TPSA) is 55.8 Å². The maximum atomic E-state index is 12.1. The van der Waals surface area contributed by atoms with Crippen LogP contribution in [0.1, 0.15) is 1.43 Å². The minimum Gasteiger partial charge on any atom is -1.00 e. The van der Waals surface area contributed by atoms with Crippen LogP contribution in [0.5, 0.6) is 0 Å². The molecule has 2 saturated heterocycles. The van der Waals surface area contributed by atoms with Crippen LogP contribution in [0, 0.1) is 0 Å². The average molecular weight is 324 g/mol. The summed E-state index contributed by atoms with van der Waals surface area (Å²) in [7, 11) is 0. The summed E-state index contributed by atoms with van der Waals surface area (Å²) in [6.45, 7) is 1.21. The van der Waals surface area contributed by atoms with Crippen molar-refractivity contribution in [2.45, 2.75) is 11.7 Å². The third-order valence-corrected chi connectivity index (χ3v) is 4.74. The largest absolute Gasteiger partial charge is 1.00 e. The van der Waals surface area contributed by atoms with Crippen molar-refractivity contribution in [3.8, 4) is 0 Å². The van der Waals surface area contributed by atoms with Gasteiger partial charge in [-0.15, -0.1) is 16.8 Å². The number of hydrogen-bond acceptors (Lipinski definition) is 6. The number of hydrogen-bond donors (Lipinski definition) is 2. The first-order valence-electron chi connectivity index (χ1n) is 6.03. The Morgan fingerprint density at radius 1 is 1.40 bits per heavy atom. The number of nitrogens with one attached hydrogen (secondary N) is 1. The van der Waals surface area contributed by atoms with Crippen LogP contribution in [0.3, 0.4) is 0 Å². The van der Waals surface area contributed by atoms with Gasteiger partial charge < -0.3 is 12.0 Å². The molecule has 20 heavy (non-hydrogen) atoms. The second-order valence-electron chi connectivity index (χ2n) is 4.57. The number of Topliss-reactive ketones (excluding diaryl/α,β-unsaturated/α-hetero) is 1. The van der Waals surface area contributed by atoms with Gasteiger partial charge in [-0.3, -0.25) is 9.69 Å². The summed E-state index contributed by atoms with van der Waals surface area (Å²) in [4.78, 5) is 14.1. The number of nitrogens with zero attached hydrogens (tertiary/aromatic N) is 2. The molecule has 0 aliphatic carbocycles. The summed E-state index contributed by atoms with van der Waals surface area (Å²) in [6, 6.07) is 7.07. The Hall–Kier alpha value is 0.210. The van der Waals surface area contributed by atoms with Crippen molar-refractivity contribution in [3.63, 3.8) is 0 Å². The van der Waals surface area contributed by atoms with E-state index >= 15 is 0 Å². The molecule has 8 heteroatoms.